The Kier molecular flexibility index (Phi) is 5.46. The van der Waals surface area contributed by atoms with Crippen LogP contribution in [0.25, 0.3) is 5.76 Å². The molecule has 2 N–H and O–H groups in total. The lowest BCUT2D eigenvalue weighted by atomic mass is 9.95. The van der Waals surface area contributed by atoms with E-state index in [-0.39, 0.29) is 24.1 Å². The van der Waals surface area contributed by atoms with Gasteiger partial charge in [-0.05, 0) is 42.0 Å². The van der Waals surface area contributed by atoms with Crippen molar-refractivity contribution < 1.29 is 29.0 Å². The van der Waals surface area contributed by atoms with E-state index in [9.17, 15) is 23.9 Å². The smallest absolute Gasteiger partial charge is 0.305 e. The summed E-state index contributed by atoms with van der Waals surface area (Å²) in [4.78, 5) is 37.2. The Morgan fingerprint density at radius 3 is 2.21 bits per heavy atom. The van der Waals surface area contributed by atoms with Crippen LogP contribution in [0.2, 0.25) is 5.02 Å². The van der Waals surface area contributed by atoms with Gasteiger partial charge in [0.05, 0.1) is 18.0 Å². The first-order valence-electron chi connectivity index (χ1n) is 8.31. The molecule has 1 heterocycles. The maximum atomic E-state index is 13.3. The molecule has 0 saturated carbocycles. The summed E-state index contributed by atoms with van der Waals surface area (Å²) in [7, 11) is 0. The predicted molar refractivity (Wildman–Crippen MR) is 99.1 cm³/mol. The van der Waals surface area contributed by atoms with E-state index in [0.29, 0.717) is 10.6 Å². The molecule has 2 aromatic carbocycles. The Balaban J connectivity index is 2.14. The van der Waals surface area contributed by atoms with E-state index in [1.807, 2.05) is 0 Å². The highest BCUT2D eigenvalue weighted by molar-refractivity contribution is 6.46. The van der Waals surface area contributed by atoms with Gasteiger partial charge in [-0.3, -0.25) is 14.4 Å². The molecule has 1 aliphatic rings. The standard InChI is InChI=1S/C20H15ClFNO5/c21-13-5-1-12(2-6-13)18(26)16-17(11-3-7-14(22)8-4-11)23(10-9-15(24)25)20(28)19(16)27/h1-8,17,26H,9-10H2,(H,24,25)/b18-16+/t17-/m1/s1. The number of hydrogen-bond acceptors (Lipinski definition) is 4. The molecule has 1 saturated heterocycles. The third-order valence-corrected chi connectivity index (χ3v) is 4.66. The van der Waals surface area contributed by atoms with Crippen molar-refractivity contribution in [3.63, 3.8) is 0 Å². The van der Waals surface area contributed by atoms with Gasteiger partial charge < -0.3 is 15.1 Å². The van der Waals surface area contributed by atoms with Crippen LogP contribution in [0.4, 0.5) is 4.39 Å². The summed E-state index contributed by atoms with van der Waals surface area (Å²) in [5.74, 6) is -3.93. The molecule has 0 aliphatic carbocycles. The monoisotopic (exact) mass is 403 g/mol. The Bertz CT molecular complexity index is 969. The van der Waals surface area contributed by atoms with Crippen LogP contribution in [0, 0.1) is 5.82 Å². The summed E-state index contributed by atoms with van der Waals surface area (Å²) >= 11 is 5.84. The van der Waals surface area contributed by atoms with Crippen LogP contribution in [0.3, 0.4) is 0 Å². The van der Waals surface area contributed by atoms with Gasteiger partial charge in [-0.2, -0.15) is 0 Å². The maximum Gasteiger partial charge on any atom is 0.305 e. The van der Waals surface area contributed by atoms with Gasteiger partial charge >= 0.3 is 5.97 Å². The number of carbonyl (C=O) groups is 3. The predicted octanol–water partition coefficient (Wildman–Crippen LogP) is 3.38. The number of benzene rings is 2. The molecule has 1 amide bonds. The topological polar surface area (TPSA) is 94.9 Å². The SMILES string of the molecule is O=C(O)CCN1C(=O)C(=O)/C(=C(/O)c2ccc(Cl)cc2)[C@H]1c1ccc(F)cc1. The average Bonchev–Trinajstić information content (AvgIpc) is 2.91. The molecule has 0 bridgehead atoms. The third kappa shape index (κ3) is 3.75. The third-order valence-electron chi connectivity index (χ3n) is 4.41. The fourth-order valence-corrected chi connectivity index (χ4v) is 3.21. The van der Waals surface area contributed by atoms with E-state index in [1.54, 1.807) is 0 Å². The lowest BCUT2D eigenvalue weighted by molar-refractivity contribution is -0.142. The summed E-state index contributed by atoms with van der Waals surface area (Å²) in [6.45, 7) is -0.237. The van der Waals surface area contributed by atoms with Gasteiger partial charge in [0.1, 0.15) is 11.6 Å². The summed E-state index contributed by atoms with van der Waals surface area (Å²) in [6, 6.07) is 10.1. The highest BCUT2D eigenvalue weighted by Gasteiger charge is 2.46. The first-order chi connectivity index (χ1) is 13.3. The molecule has 1 fully saturated rings. The van der Waals surface area contributed by atoms with Crippen LogP contribution in [-0.2, 0) is 14.4 Å². The number of aliphatic hydroxyl groups excluding tert-OH is 1. The van der Waals surface area contributed by atoms with Crippen molar-refractivity contribution in [1.82, 2.24) is 4.90 Å². The van der Waals surface area contributed by atoms with Crippen molar-refractivity contribution in [3.05, 3.63) is 76.1 Å². The zero-order chi connectivity index (χ0) is 20.4. The number of likely N-dealkylation sites (tertiary alicyclic amines) is 1. The lowest BCUT2D eigenvalue weighted by Gasteiger charge is -2.24. The van der Waals surface area contributed by atoms with Crippen molar-refractivity contribution in [2.75, 3.05) is 6.54 Å². The summed E-state index contributed by atoms with van der Waals surface area (Å²) in [6.07, 6.45) is -0.383. The highest BCUT2D eigenvalue weighted by Crippen LogP contribution is 2.39. The van der Waals surface area contributed by atoms with E-state index >= 15 is 0 Å². The zero-order valence-corrected chi connectivity index (χ0v) is 15.2. The molecule has 0 radical (unpaired) electrons. The van der Waals surface area contributed by atoms with Gasteiger partial charge in [-0.1, -0.05) is 23.7 Å². The second-order valence-electron chi connectivity index (χ2n) is 6.19. The maximum absolute atomic E-state index is 13.3. The molecule has 3 rings (SSSR count). The number of amides is 1. The molecule has 8 heteroatoms. The van der Waals surface area contributed by atoms with Crippen LogP contribution in [0.1, 0.15) is 23.6 Å². The fourth-order valence-electron chi connectivity index (χ4n) is 3.08. The Morgan fingerprint density at radius 2 is 1.64 bits per heavy atom. The molecule has 0 unspecified atom stereocenters. The van der Waals surface area contributed by atoms with Crippen molar-refractivity contribution in [2.45, 2.75) is 12.5 Å². The number of hydrogen-bond donors (Lipinski definition) is 2. The number of nitrogens with zero attached hydrogens (tertiary/aromatic N) is 1. The van der Waals surface area contributed by atoms with E-state index in [2.05, 4.69) is 0 Å². The normalized spacial score (nSPS) is 18.5. The minimum Gasteiger partial charge on any atom is -0.507 e. The Hall–Kier alpha value is -3.19. The van der Waals surface area contributed by atoms with Gasteiger partial charge in [0.15, 0.2) is 0 Å². The van der Waals surface area contributed by atoms with E-state index < -0.39 is 35.3 Å². The molecule has 0 aromatic heterocycles. The summed E-state index contributed by atoms with van der Waals surface area (Å²) < 4.78 is 13.3. The zero-order valence-electron chi connectivity index (χ0n) is 14.4. The number of halogens is 2. The molecule has 1 aliphatic heterocycles. The number of carbonyl (C=O) groups excluding carboxylic acids is 2. The molecule has 0 spiro atoms. The van der Waals surface area contributed by atoms with Gasteiger partial charge in [0.25, 0.3) is 11.7 Å². The lowest BCUT2D eigenvalue weighted by Crippen LogP contribution is -2.31. The summed E-state index contributed by atoms with van der Waals surface area (Å²) in [5, 5.41) is 20.1. The number of aliphatic carboxylic acids is 1. The molecule has 2 aromatic rings. The van der Waals surface area contributed by atoms with Crippen LogP contribution >= 0.6 is 11.6 Å². The molecule has 1 atom stereocenters. The second-order valence-corrected chi connectivity index (χ2v) is 6.63. The van der Waals surface area contributed by atoms with Gasteiger partial charge in [0.2, 0.25) is 0 Å². The number of ketones is 1. The van der Waals surface area contributed by atoms with Crippen molar-refractivity contribution in [3.8, 4) is 0 Å². The van der Waals surface area contributed by atoms with E-state index in [1.165, 1.54) is 36.4 Å². The van der Waals surface area contributed by atoms with Crippen LogP contribution in [0.15, 0.2) is 54.1 Å². The summed E-state index contributed by atoms with van der Waals surface area (Å²) in [5.41, 5.74) is 0.457. The minimum absolute atomic E-state index is 0.190. The quantitative estimate of drug-likeness (QED) is 0.453. The first kappa shape index (κ1) is 19.6. The first-order valence-corrected chi connectivity index (χ1v) is 8.69. The van der Waals surface area contributed by atoms with Crippen LogP contribution in [-0.4, -0.2) is 39.3 Å². The number of carboxylic acid groups (broad SMARTS) is 1. The largest absolute Gasteiger partial charge is 0.507 e. The fraction of sp³-hybridized carbons (Fsp3) is 0.150. The van der Waals surface area contributed by atoms with Gasteiger partial charge in [-0.15, -0.1) is 0 Å². The van der Waals surface area contributed by atoms with Crippen molar-refractivity contribution in [1.29, 1.82) is 0 Å². The molecular weight excluding hydrogens is 389 g/mol. The molecule has 28 heavy (non-hydrogen) atoms. The van der Waals surface area contributed by atoms with Gasteiger partial charge in [-0.25, -0.2) is 4.39 Å². The van der Waals surface area contributed by atoms with Crippen LogP contribution in [0.5, 0.6) is 0 Å². The number of Topliss-reactive ketones (excluding diaryl/α,β-unsaturated/α-hetero) is 1. The second kappa shape index (κ2) is 7.82. The van der Waals surface area contributed by atoms with E-state index in [4.69, 9.17) is 16.7 Å². The van der Waals surface area contributed by atoms with Crippen molar-refractivity contribution >= 4 is 35.0 Å². The van der Waals surface area contributed by atoms with Crippen molar-refractivity contribution in [2.24, 2.45) is 0 Å². The Labute approximate surface area is 164 Å². The number of rotatable bonds is 5. The Morgan fingerprint density at radius 1 is 1.04 bits per heavy atom. The molecule has 144 valence electrons. The average molecular weight is 404 g/mol. The van der Waals surface area contributed by atoms with Crippen LogP contribution < -0.4 is 0 Å². The van der Waals surface area contributed by atoms with Gasteiger partial charge in [0, 0.05) is 17.1 Å². The molecule has 6 nitrogen and oxygen atoms in total. The number of carboxylic acids is 1. The number of aliphatic hydroxyl groups is 1. The minimum atomic E-state index is -1.14. The van der Waals surface area contributed by atoms with E-state index in [0.717, 1.165) is 17.0 Å². The highest BCUT2D eigenvalue weighted by atomic mass is 35.5. The molecular formula is C20H15ClFNO5.